The smallest absolute Gasteiger partial charge is 0.239 e. The van der Waals surface area contributed by atoms with Gasteiger partial charge in [0.2, 0.25) is 5.91 Å². The van der Waals surface area contributed by atoms with E-state index in [0.29, 0.717) is 5.69 Å². The van der Waals surface area contributed by atoms with E-state index in [1.54, 1.807) is 17.8 Å². The first-order valence-electron chi connectivity index (χ1n) is 4.26. The maximum absolute atomic E-state index is 11.1. The van der Waals surface area contributed by atoms with Crippen molar-refractivity contribution in [1.82, 2.24) is 14.9 Å². The number of carbonyl (C=O) groups excluding carboxylic acids is 1. The van der Waals surface area contributed by atoms with Crippen molar-refractivity contribution in [3.63, 3.8) is 0 Å². The highest BCUT2D eigenvalue weighted by Crippen LogP contribution is 2.08. The van der Waals surface area contributed by atoms with E-state index in [-0.39, 0.29) is 19.1 Å². The summed E-state index contributed by atoms with van der Waals surface area (Å²) in [6.07, 6.45) is 3.06. The molecule has 1 aromatic rings. The predicted molar refractivity (Wildman–Crippen MR) is 50.3 cm³/mol. The van der Waals surface area contributed by atoms with Crippen LogP contribution in [-0.2, 0) is 11.3 Å². The minimum absolute atomic E-state index is 0.130. The Labute approximate surface area is 81.7 Å². The van der Waals surface area contributed by atoms with Crippen LogP contribution in [0.4, 0.5) is 0 Å². The molecule has 0 aliphatic heterocycles. The molecule has 1 atom stereocenters. The van der Waals surface area contributed by atoms with Crippen molar-refractivity contribution in [2.75, 3.05) is 13.7 Å². The molecule has 6 heteroatoms. The summed E-state index contributed by atoms with van der Waals surface area (Å²) in [7, 11) is 1.56. The highest BCUT2D eigenvalue weighted by atomic mass is 16.3. The number of likely N-dealkylation sites (N-methyl/N-ethyl adjacent to an activating group) is 1. The van der Waals surface area contributed by atoms with Crippen LogP contribution in [0.2, 0.25) is 0 Å². The lowest BCUT2D eigenvalue weighted by Gasteiger charge is -2.11. The van der Waals surface area contributed by atoms with Crippen LogP contribution in [0.1, 0.15) is 11.7 Å². The van der Waals surface area contributed by atoms with E-state index in [1.165, 1.54) is 6.33 Å². The minimum atomic E-state index is -0.498. The Kier molecular flexibility index (Phi) is 3.61. The summed E-state index contributed by atoms with van der Waals surface area (Å²) >= 11 is 0. The van der Waals surface area contributed by atoms with Crippen molar-refractivity contribution in [2.24, 2.45) is 5.73 Å². The second-order valence-corrected chi connectivity index (χ2v) is 2.91. The van der Waals surface area contributed by atoms with Crippen molar-refractivity contribution >= 4 is 5.91 Å². The fraction of sp³-hybridized carbons (Fsp3) is 0.500. The Bertz CT molecular complexity index is 310. The van der Waals surface area contributed by atoms with E-state index >= 15 is 0 Å². The molecule has 1 heterocycles. The average molecular weight is 198 g/mol. The molecule has 0 fully saturated rings. The van der Waals surface area contributed by atoms with Crippen molar-refractivity contribution < 1.29 is 9.90 Å². The molecule has 0 aliphatic rings. The normalized spacial score (nSPS) is 12.5. The van der Waals surface area contributed by atoms with Crippen LogP contribution in [0.15, 0.2) is 12.5 Å². The third-order valence-corrected chi connectivity index (χ3v) is 1.91. The number of aliphatic hydroxyl groups excluding tert-OH is 1. The maximum Gasteiger partial charge on any atom is 0.239 e. The molecule has 78 valence electrons. The molecular formula is C8H14N4O2. The maximum atomic E-state index is 11.1. The molecule has 1 rings (SSSR count). The molecule has 0 saturated carbocycles. The summed E-state index contributed by atoms with van der Waals surface area (Å²) in [6.45, 7) is -0.00102. The number of carbonyl (C=O) groups is 1. The summed E-state index contributed by atoms with van der Waals surface area (Å²) in [6, 6.07) is -0.498. The Morgan fingerprint density at radius 1 is 1.86 bits per heavy atom. The summed E-state index contributed by atoms with van der Waals surface area (Å²) in [5.41, 5.74) is 6.26. The van der Waals surface area contributed by atoms with Gasteiger partial charge < -0.3 is 20.7 Å². The first kappa shape index (κ1) is 10.7. The highest BCUT2D eigenvalue weighted by molar-refractivity contribution is 5.75. The number of aromatic nitrogens is 2. The number of hydrogen-bond donors (Lipinski definition) is 3. The number of hydrogen-bond acceptors (Lipinski definition) is 4. The Hall–Kier alpha value is -1.40. The van der Waals surface area contributed by atoms with E-state index in [9.17, 15) is 4.79 Å². The molecular weight excluding hydrogens is 184 g/mol. The van der Waals surface area contributed by atoms with Gasteiger partial charge in [-0.25, -0.2) is 4.98 Å². The largest absolute Gasteiger partial charge is 0.394 e. The second-order valence-electron chi connectivity index (χ2n) is 2.91. The summed E-state index contributed by atoms with van der Waals surface area (Å²) < 4.78 is 1.61. The zero-order valence-corrected chi connectivity index (χ0v) is 7.97. The van der Waals surface area contributed by atoms with Gasteiger partial charge >= 0.3 is 0 Å². The lowest BCUT2D eigenvalue weighted by atomic mass is 10.2. The van der Waals surface area contributed by atoms with Gasteiger partial charge in [0.15, 0.2) is 0 Å². The zero-order valence-electron chi connectivity index (χ0n) is 7.97. The highest BCUT2D eigenvalue weighted by Gasteiger charge is 2.11. The van der Waals surface area contributed by atoms with Gasteiger partial charge in [0.25, 0.3) is 0 Å². The van der Waals surface area contributed by atoms with Gasteiger partial charge in [-0.15, -0.1) is 0 Å². The van der Waals surface area contributed by atoms with Gasteiger partial charge in [0.1, 0.15) is 6.54 Å². The van der Waals surface area contributed by atoms with Crippen LogP contribution in [0.5, 0.6) is 0 Å². The molecule has 6 nitrogen and oxygen atoms in total. The molecule has 0 aromatic carbocycles. The van der Waals surface area contributed by atoms with Crippen molar-refractivity contribution in [3.8, 4) is 0 Å². The molecule has 4 N–H and O–H groups in total. The molecule has 1 amide bonds. The standard InChI is InChI=1S/C8H14N4O2/c1-10-8(14)3-12-5-11-2-7(12)6(9)4-13/h2,5-6,13H,3-4,9H2,1H3,(H,10,14). The number of nitrogens with zero attached hydrogens (tertiary/aromatic N) is 2. The van der Waals surface area contributed by atoms with Crippen LogP contribution < -0.4 is 11.1 Å². The molecule has 0 bridgehead atoms. The van der Waals surface area contributed by atoms with Crippen LogP contribution in [0, 0.1) is 0 Å². The van der Waals surface area contributed by atoms with Crippen molar-refractivity contribution in [2.45, 2.75) is 12.6 Å². The quantitative estimate of drug-likeness (QED) is 0.556. The zero-order chi connectivity index (χ0) is 10.6. The molecule has 0 saturated heterocycles. The van der Waals surface area contributed by atoms with E-state index in [4.69, 9.17) is 10.8 Å². The number of nitrogens with two attached hydrogens (primary N) is 1. The Morgan fingerprint density at radius 2 is 2.57 bits per heavy atom. The monoisotopic (exact) mass is 198 g/mol. The third-order valence-electron chi connectivity index (χ3n) is 1.91. The predicted octanol–water partition coefficient (Wildman–Crippen LogP) is -1.38. The van der Waals surface area contributed by atoms with Crippen LogP contribution in [0.25, 0.3) is 0 Å². The van der Waals surface area contributed by atoms with Gasteiger partial charge in [-0.3, -0.25) is 4.79 Å². The average Bonchev–Trinajstić information content (AvgIpc) is 2.64. The Balaban J connectivity index is 2.77. The lowest BCUT2D eigenvalue weighted by molar-refractivity contribution is -0.121. The summed E-state index contributed by atoms with van der Waals surface area (Å²) in [4.78, 5) is 14.9. The Morgan fingerprint density at radius 3 is 3.14 bits per heavy atom. The first-order chi connectivity index (χ1) is 6.69. The van der Waals surface area contributed by atoms with Gasteiger partial charge in [0, 0.05) is 13.2 Å². The van der Waals surface area contributed by atoms with Gasteiger partial charge in [0.05, 0.1) is 24.7 Å². The molecule has 1 aromatic heterocycles. The summed E-state index contributed by atoms with van der Waals surface area (Å²) in [5, 5.41) is 11.4. The number of aliphatic hydroxyl groups is 1. The fourth-order valence-electron chi connectivity index (χ4n) is 1.10. The van der Waals surface area contributed by atoms with Gasteiger partial charge in [-0.1, -0.05) is 0 Å². The molecule has 0 aliphatic carbocycles. The van der Waals surface area contributed by atoms with Gasteiger partial charge in [-0.05, 0) is 0 Å². The van der Waals surface area contributed by atoms with Crippen molar-refractivity contribution in [1.29, 1.82) is 0 Å². The first-order valence-corrected chi connectivity index (χ1v) is 4.26. The third kappa shape index (κ3) is 2.30. The number of amides is 1. The number of imidazole rings is 1. The molecule has 0 radical (unpaired) electrons. The molecule has 1 unspecified atom stereocenters. The van der Waals surface area contributed by atoms with E-state index in [0.717, 1.165) is 0 Å². The van der Waals surface area contributed by atoms with Crippen LogP contribution in [0.3, 0.4) is 0 Å². The SMILES string of the molecule is CNC(=O)Cn1cncc1C(N)CO. The second kappa shape index (κ2) is 4.73. The fourth-order valence-corrected chi connectivity index (χ4v) is 1.10. The van der Waals surface area contributed by atoms with E-state index in [2.05, 4.69) is 10.3 Å². The van der Waals surface area contributed by atoms with Crippen LogP contribution in [-0.4, -0.2) is 34.2 Å². The number of rotatable bonds is 4. The molecule has 0 spiro atoms. The topological polar surface area (TPSA) is 93.2 Å². The summed E-state index contributed by atoms with van der Waals surface area (Å²) in [5.74, 6) is -0.130. The van der Waals surface area contributed by atoms with Gasteiger partial charge in [-0.2, -0.15) is 0 Å². The van der Waals surface area contributed by atoms with E-state index in [1.807, 2.05) is 0 Å². The molecule has 14 heavy (non-hydrogen) atoms. The van der Waals surface area contributed by atoms with E-state index < -0.39 is 6.04 Å². The van der Waals surface area contributed by atoms with Crippen LogP contribution >= 0.6 is 0 Å². The number of nitrogens with one attached hydrogen (secondary N) is 1. The minimum Gasteiger partial charge on any atom is -0.394 e. The van der Waals surface area contributed by atoms with Crippen molar-refractivity contribution in [3.05, 3.63) is 18.2 Å². The lowest BCUT2D eigenvalue weighted by Crippen LogP contribution is -2.26.